The summed E-state index contributed by atoms with van der Waals surface area (Å²) < 4.78 is 0. The van der Waals surface area contributed by atoms with Crippen molar-refractivity contribution < 1.29 is 5.11 Å². The zero-order valence-electron chi connectivity index (χ0n) is 8.88. The van der Waals surface area contributed by atoms with Crippen LogP contribution >= 0.6 is 15.9 Å². The molecule has 0 aromatic carbocycles. The summed E-state index contributed by atoms with van der Waals surface area (Å²) in [6, 6.07) is 0. The third-order valence-corrected chi connectivity index (χ3v) is 4.99. The van der Waals surface area contributed by atoms with E-state index in [0.29, 0.717) is 11.3 Å². The Morgan fingerprint density at radius 2 is 2.21 bits per heavy atom. The first-order valence-electron chi connectivity index (χ1n) is 5.62. The fourth-order valence-electron chi connectivity index (χ4n) is 2.24. The van der Waals surface area contributed by atoms with E-state index < -0.39 is 0 Å². The van der Waals surface area contributed by atoms with E-state index in [1.165, 1.54) is 25.9 Å². The lowest BCUT2D eigenvalue weighted by Gasteiger charge is -2.36. The molecule has 2 aliphatic rings. The van der Waals surface area contributed by atoms with Crippen LogP contribution in [0.15, 0.2) is 0 Å². The molecule has 2 unspecified atom stereocenters. The maximum atomic E-state index is 9.78. The molecule has 1 saturated carbocycles. The average Bonchev–Trinajstić information content (AvgIpc) is 2.93. The molecule has 1 saturated heterocycles. The van der Waals surface area contributed by atoms with Crippen LogP contribution in [0.3, 0.4) is 0 Å². The molecule has 0 aromatic heterocycles. The SMILES string of the molecule is CC1CCN(CC2(CBr)CC2)CC1O. The van der Waals surface area contributed by atoms with Gasteiger partial charge in [0.25, 0.3) is 0 Å². The second-order valence-corrected chi connectivity index (χ2v) is 5.76. The van der Waals surface area contributed by atoms with Crippen molar-refractivity contribution in [2.45, 2.75) is 32.3 Å². The highest BCUT2D eigenvalue weighted by molar-refractivity contribution is 9.09. The van der Waals surface area contributed by atoms with E-state index in [2.05, 4.69) is 27.8 Å². The molecule has 1 N–H and O–H groups in total. The van der Waals surface area contributed by atoms with Crippen LogP contribution in [0.5, 0.6) is 0 Å². The molecule has 1 aliphatic heterocycles. The molecule has 1 heterocycles. The van der Waals surface area contributed by atoms with Crippen molar-refractivity contribution in [3.05, 3.63) is 0 Å². The lowest BCUT2D eigenvalue weighted by atomic mass is 9.95. The molecule has 1 aliphatic carbocycles. The van der Waals surface area contributed by atoms with Crippen molar-refractivity contribution in [2.24, 2.45) is 11.3 Å². The molecule has 0 aromatic rings. The smallest absolute Gasteiger partial charge is 0.0693 e. The van der Waals surface area contributed by atoms with E-state index in [1.807, 2.05) is 0 Å². The molecule has 82 valence electrons. The highest BCUT2D eigenvalue weighted by Gasteiger charge is 2.43. The Balaban J connectivity index is 1.82. The molecular formula is C11H20BrNO. The quantitative estimate of drug-likeness (QED) is 0.785. The molecule has 2 fully saturated rings. The number of hydrogen-bond acceptors (Lipinski definition) is 2. The fourth-order valence-corrected chi connectivity index (χ4v) is 2.98. The number of alkyl halides is 1. The lowest BCUT2D eigenvalue weighted by molar-refractivity contribution is 0.0225. The number of rotatable bonds is 3. The van der Waals surface area contributed by atoms with Crippen molar-refractivity contribution in [3.63, 3.8) is 0 Å². The number of nitrogens with zero attached hydrogens (tertiary/aromatic N) is 1. The van der Waals surface area contributed by atoms with Gasteiger partial charge in [-0.15, -0.1) is 0 Å². The van der Waals surface area contributed by atoms with Gasteiger partial charge >= 0.3 is 0 Å². The summed E-state index contributed by atoms with van der Waals surface area (Å²) in [5.41, 5.74) is 0.556. The van der Waals surface area contributed by atoms with Gasteiger partial charge < -0.3 is 10.0 Å². The van der Waals surface area contributed by atoms with Gasteiger partial charge in [-0.05, 0) is 37.1 Å². The summed E-state index contributed by atoms with van der Waals surface area (Å²) in [7, 11) is 0. The van der Waals surface area contributed by atoms with E-state index >= 15 is 0 Å². The van der Waals surface area contributed by atoms with E-state index in [0.717, 1.165) is 18.3 Å². The van der Waals surface area contributed by atoms with Gasteiger partial charge in [-0.3, -0.25) is 0 Å². The van der Waals surface area contributed by atoms with Gasteiger partial charge in [0, 0.05) is 18.4 Å². The van der Waals surface area contributed by atoms with Gasteiger partial charge in [0.1, 0.15) is 0 Å². The van der Waals surface area contributed by atoms with Crippen molar-refractivity contribution in [1.29, 1.82) is 0 Å². The number of aliphatic hydroxyl groups is 1. The number of hydrogen-bond donors (Lipinski definition) is 1. The Kier molecular flexibility index (Phi) is 3.20. The predicted octanol–water partition coefficient (Wildman–Crippen LogP) is 1.86. The Morgan fingerprint density at radius 3 is 2.71 bits per heavy atom. The van der Waals surface area contributed by atoms with Gasteiger partial charge in [-0.2, -0.15) is 0 Å². The largest absolute Gasteiger partial charge is 0.392 e. The van der Waals surface area contributed by atoms with Crippen LogP contribution in [0, 0.1) is 11.3 Å². The second-order valence-electron chi connectivity index (χ2n) is 5.20. The predicted molar refractivity (Wildman–Crippen MR) is 61.7 cm³/mol. The average molecular weight is 262 g/mol. The molecule has 0 amide bonds. The highest BCUT2D eigenvalue weighted by atomic mass is 79.9. The van der Waals surface area contributed by atoms with E-state index in [1.54, 1.807) is 0 Å². The topological polar surface area (TPSA) is 23.5 Å². The standard InChI is InChI=1S/C11H20BrNO/c1-9-2-5-13(6-10(9)14)8-11(7-12)3-4-11/h9-10,14H,2-8H2,1H3. The molecular weight excluding hydrogens is 242 g/mol. The highest BCUT2D eigenvalue weighted by Crippen LogP contribution is 2.47. The molecule has 2 atom stereocenters. The van der Waals surface area contributed by atoms with Crippen LogP contribution < -0.4 is 0 Å². The normalized spacial score (nSPS) is 37.1. The van der Waals surface area contributed by atoms with Gasteiger partial charge in [-0.25, -0.2) is 0 Å². The van der Waals surface area contributed by atoms with Crippen LogP contribution in [0.25, 0.3) is 0 Å². The zero-order chi connectivity index (χ0) is 10.2. The molecule has 0 bridgehead atoms. The van der Waals surface area contributed by atoms with E-state index in [9.17, 15) is 5.11 Å². The maximum absolute atomic E-state index is 9.78. The Morgan fingerprint density at radius 1 is 1.50 bits per heavy atom. The van der Waals surface area contributed by atoms with Crippen LogP contribution in [0.4, 0.5) is 0 Å². The van der Waals surface area contributed by atoms with E-state index in [-0.39, 0.29) is 6.10 Å². The molecule has 2 rings (SSSR count). The summed E-state index contributed by atoms with van der Waals surface area (Å²) in [5.74, 6) is 0.491. The summed E-state index contributed by atoms with van der Waals surface area (Å²) in [6.07, 6.45) is 3.77. The summed E-state index contributed by atoms with van der Waals surface area (Å²) in [5, 5.41) is 10.9. The van der Waals surface area contributed by atoms with E-state index in [4.69, 9.17) is 0 Å². The summed E-state index contributed by atoms with van der Waals surface area (Å²) in [4.78, 5) is 2.44. The first-order chi connectivity index (χ1) is 6.65. The van der Waals surface area contributed by atoms with Crippen LogP contribution in [0.1, 0.15) is 26.2 Å². The Bertz CT molecular complexity index is 205. The number of β-amino-alcohol motifs (C(OH)–C–C–N with tert-alkyl or cyclic N) is 1. The minimum Gasteiger partial charge on any atom is -0.392 e. The molecule has 14 heavy (non-hydrogen) atoms. The Labute approximate surface area is 94.8 Å². The Hall–Kier alpha value is 0.400. The number of aliphatic hydroxyl groups excluding tert-OH is 1. The molecule has 0 spiro atoms. The van der Waals surface area contributed by atoms with Crippen molar-refractivity contribution in [1.82, 2.24) is 4.90 Å². The lowest BCUT2D eigenvalue weighted by Crippen LogP contribution is -2.45. The van der Waals surface area contributed by atoms with Gasteiger partial charge in [0.15, 0.2) is 0 Å². The third-order valence-electron chi connectivity index (χ3n) is 3.80. The number of piperidine rings is 1. The maximum Gasteiger partial charge on any atom is 0.0693 e. The van der Waals surface area contributed by atoms with Crippen molar-refractivity contribution >= 4 is 15.9 Å². The number of likely N-dealkylation sites (tertiary alicyclic amines) is 1. The van der Waals surface area contributed by atoms with Gasteiger partial charge in [-0.1, -0.05) is 22.9 Å². The van der Waals surface area contributed by atoms with Crippen molar-refractivity contribution in [3.8, 4) is 0 Å². The summed E-state index contributed by atoms with van der Waals surface area (Å²) in [6.45, 7) is 5.39. The molecule has 2 nitrogen and oxygen atoms in total. The minimum atomic E-state index is -0.102. The summed E-state index contributed by atoms with van der Waals surface area (Å²) >= 11 is 3.60. The first-order valence-corrected chi connectivity index (χ1v) is 6.74. The second kappa shape index (κ2) is 4.11. The number of halogens is 1. The minimum absolute atomic E-state index is 0.102. The first kappa shape index (κ1) is 10.9. The zero-order valence-corrected chi connectivity index (χ0v) is 10.5. The van der Waals surface area contributed by atoms with Crippen molar-refractivity contribution in [2.75, 3.05) is 25.0 Å². The third kappa shape index (κ3) is 2.31. The monoisotopic (exact) mass is 261 g/mol. The van der Waals surface area contributed by atoms with Crippen LogP contribution in [0.2, 0.25) is 0 Å². The van der Waals surface area contributed by atoms with Crippen LogP contribution in [-0.4, -0.2) is 41.1 Å². The fraction of sp³-hybridized carbons (Fsp3) is 1.00. The molecule has 0 radical (unpaired) electrons. The molecule has 3 heteroatoms. The van der Waals surface area contributed by atoms with Gasteiger partial charge in [0.2, 0.25) is 0 Å². The van der Waals surface area contributed by atoms with Gasteiger partial charge in [0.05, 0.1) is 6.10 Å². The van der Waals surface area contributed by atoms with Crippen LogP contribution in [-0.2, 0) is 0 Å².